The molecule has 5 rings (SSSR count). The fourth-order valence-electron chi connectivity index (χ4n) is 4.47. The van der Waals surface area contributed by atoms with Gasteiger partial charge in [-0.2, -0.15) is 0 Å². The second-order valence-corrected chi connectivity index (χ2v) is 18.0. The monoisotopic (exact) mass is 579 g/mol. The van der Waals surface area contributed by atoms with Crippen molar-refractivity contribution in [2.75, 3.05) is 17.5 Å². The summed E-state index contributed by atoms with van der Waals surface area (Å²) in [6, 6.07) is 18.9. The van der Waals surface area contributed by atoms with E-state index in [4.69, 9.17) is 9.16 Å². The predicted molar refractivity (Wildman–Crippen MR) is 159 cm³/mol. The fraction of sp³-hybridized carbons (Fsp3) is 0.310. The summed E-state index contributed by atoms with van der Waals surface area (Å²) in [5.74, 6) is 0.452. The Hall–Kier alpha value is -3.67. The standard InChI is InChI=1S/C29H33N3O6SSi/c1-29(2,3)40(4,5)38-19-21-18-37-26-16-9-8-15-25(26)32(21)39(35,36)22-12-10-11-20(17-22)31-27(33)23-13-6-7-14-24(23)30-28(31)34/h6-17,21H,18-19H2,1-5H3,(H,30,34)/q-1. The summed E-state index contributed by atoms with van der Waals surface area (Å²) in [4.78, 5) is 28.8. The Morgan fingerprint density at radius 2 is 1.70 bits per heavy atom. The molecule has 0 aliphatic carbocycles. The van der Waals surface area contributed by atoms with Crippen molar-refractivity contribution in [1.82, 2.24) is 9.55 Å². The van der Waals surface area contributed by atoms with E-state index in [0.717, 1.165) is 4.57 Å². The summed E-state index contributed by atoms with van der Waals surface area (Å²) in [5.41, 5.74) is -0.230. The number of anilines is 1. The Labute approximate surface area is 234 Å². The molecular formula is C29H33N3O6SSi-. The number of H-pyrrole nitrogens is 1. The van der Waals surface area contributed by atoms with Gasteiger partial charge in [-0.1, -0.05) is 51.1 Å². The Bertz CT molecular complexity index is 1810. The highest BCUT2D eigenvalue weighted by atomic mass is 32.2. The number of aromatic nitrogens is 2. The Kier molecular flexibility index (Phi) is 7.01. The van der Waals surface area contributed by atoms with E-state index in [1.165, 1.54) is 28.6 Å². The molecular weight excluding hydrogens is 546 g/mol. The lowest BCUT2D eigenvalue weighted by molar-refractivity contribution is 0.199. The van der Waals surface area contributed by atoms with Gasteiger partial charge in [-0.3, -0.25) is 9.10 Å². The first kappa shape index (κ1) is 27.9. The largest absolute Gasteiger partial charge is 0.563 e. The summed E-state index contributed by atoms with van der Waals surface area (Å²) in [6.45, 7) is 10.9. The third-order valence-electron chi connectivity index (χ3n) is 7.75. The van der Waals surface area contributed by atoms with Crippen molar-refractivity contribution in [1.29, 1.82) is 0 Å². The van der Waals surface area contributed by atoms with Crippen LogP contribution in [0, 0.1) is 0 Å². The van der Waals surface area contributed by atoms with E-state index in [9.17, 15) is 18.0 Å². The molecule has 1 aromatic heterocycles. The number of sulfonamides is 1. The Balaban J connectivity index is 1.59. The zero-order valence-corrected chi connectivity index (χ0v) is 25.0. The number of hydrogen-bond donors (Lipinski definition) is 1. The molecule has 40 heavy (non-hydrogen) atoms. The highest BCUT2D eigenvalue weighted by Gasteiger charge is 2.38. The van der Waals surface area contributed by atoms with Crippen LogP contribution < -0.4 is 20.3 Å². The fourth-order valence-corrected chi connectivity index (χ4v) is 7.18. The number of nitrogens with zero attached hydrogens (tertiary/aromatic N) is 2. The lowest BCUT2D eigenvalue weighted by atomic mass is 10.2. The third kappa shape index (κ3) is 4.89. The van der Waals surface area contributed by atoms with Crippen LogP contribution in [0.4, 0.5) is 5.69 Å². The minimum Gasteiger partial charge on any atom is -0.563 e. The van der Waals surface area contributed by atoms with Crippen molar-refractivity contribution in [2.24, 2.45) is 0 Å². The van der Waals surface area contributed by atoms with E-state index >= 15 is 0 Å². The number of ether oxygens (including phenoxy) is 1. The van der Waals surface area contributed by atoms with Gasteiger partial charge in [0.25, 0.3) is 15.6 Å². The van der Waals surface area contributed by atoms with E-state index < -0.39 is 35.6 Å². The lowest BCUT2D eigenvalue weighted by Crippen LogP contribution is -2.52. The quantitative estimate of drug-likeness (QED) is 0.333. The van der Waals surface area contributed by atoms with Crippen LogP contribution in [0.1, 0.15) is 20.8 Å². The van der Waals surface area contributed by atoms with Gasteiger partial charge in [-0.05, 0) is 50.8 Å². The molecule has 0 fully saturated rings. The van der Waals surface area contributed by atoms with Gasteiger partial charge >= 0.3 is 5.69 Å². The Morgan fingerprint density at radius 1 is 1.00 bits per heavy atom. The molecule has 2 heterocycles. The molecule has 1 aliphatic rings. The van der Waals surface area contributed by atoms with Gasteiger partial charge in [0.05, 0.1) is 33.2 Å². The van der Waals surface area contributed by atoms with Crippen LogP contribution in [0.5, 0.6) is 5.75 Å². The van der Waals surface area contributed by atoms with Gasteiger partial charge in [0.1, 0.15) is 12.4 Å². The number of para-hydroxylation sites is 3. The second-order valence-electron chi connectivity index (χ2n) is 11.4. The summed E-state index contributed by atoms with van der Waals surface area (Å²) in [6.07, 6.45) is 0. The van der Waals surface area contributed by atoms with E-state index in [0.29, 0.717) is 22.3 Å². The van der Waals surface area contributed by atoms with Gasteiger partial charge in [0.2, 0.25) is 0 Å². The number of aromatic amines is 1. The van der Waals surface area contributed by atoms with Crippen molar-refractivity contribution < 1.29 is 17.6 Å². The molecule has 211 valence electrons. The highest BCUT2D eigenvalue weighted by Crippen LogP contribution is 2.40. The SMILES string of the molecule is CC(C)(C)[Si-](C)(C)OCC1COc2ccccc2N1S(=O)(=O)c1cccc(-n2c(=O)[nH]c3ccccc3c2=O)c1. The van der Waals surface area contributed by atoms with E-state index in [2.05, 4.69) is 38.8 Å². The number of rotatable bonds is 6. The Morgan fingerprint density at radius 3 is 2.45 bits per heavy atom. The molecule has 0 amide bonds. The van der Waals surface area contributed by atoms with Gasteiger partial charge in [-0.15, -0.1) is 18.1 Å². The maximum Gasteiger partial charge on any atom is 0.333 e. The van der Waals surface area contributed by atoms with Gasteiger partial charge in [-0.25, -0.2) is 17.8 Å². The van der Waals surface area contributed by atoms with Crippen LogP contribution in [-0.2, 0) is 14.4 Å². The smallest absolute Gasteiger partial charge is 0.333 e. The van der Waals surface area contributed by atoms with Crippen molar-refractivity contribution in [3.05, 3.63) is 93.6 Å². The molecule has 1 N–H and O–H groups in total. The summed E-state index contributed by atoms with van der Waals surface area (Å²) < 4.78 is 43.3. The van der Waals surface area contributed by atoms with Crippen molar-refractivity contribution >= 4 is 34.9 Å². The number of benzene rings is 3. The maximum absolute atomic E-state index is 14.3. The molecule has 0 radical (unpaired) electrons. The minimum absolute atomic E-state index is 0.0569. The highest BCUT2D eigenvalue weighted by molar-refractivity contribution is 7.92. The topological polar surface area (TPSA) is 111 Å². The first-order valence-electron chi connectivity index (χ1n) is 13.1. The molecule has 0 spiro atoms. The first-order chi connectivity index (χ1) is 18.8. The minimum atomic E-state index is -4.17. The molecule has 3 aromatic carbocycles. The van der Waals surface area contributed by atoms with E-state index in [1.807, 2.05) is 0 Å². The van der Waals surface area contributed by atoms with Crippen molar-refractivity contribution in [3.8, 4) is 11.4 Å². The van der Waals surface area contributed by atoms with Gasteiger partial charge in [0, 0.05) is 6.61 Å². The summed E-state index contributed by atoms with van der Waals surface area (Å²) >= 11 is 0. The second kappa shape index (κ2) is 10.1. The molecule has 0 bridgehead atoms. The zero-order valence-electron chi connectivity index (χ0n) is 23.2. The summed E-state index contributed by atoms with van der Waals surface area (Å²) in [5, 5.41) is 0.263. The summed E-state index contributed by atoms with van der Waals surface area (Å²) in [7, 11) is -6.36. The van der Waals surface area contributed by atoms with E-state index in [-0.39, 0.29) is 28.8 Å². The molecule has 11 heteroatoms. The molecule has 0 saturated heterocycles. The predicted octanol–water partition coefficient (Wildman–Crippen LogP) is 4.66. The van der Waals surface area contributed by atoms with Gasteiger partial charge in [0.15, 0.2) is 0 Å². The van der Waals surface area contributed by atoms with Crippen LogP contribution >= 0.6 is 0 Å². The number of fused-ring (bicyclic) bond motifs is 2. The molecule has 1 atom stereocenters. The van der Waals surface area contributed by atoms with Crippen LogP contribution in [0.15, 0.2) is 87.3 Å². The van der Waals surface area contributed by atoms with Crippen LogP contribution in [0.25, 0.3) is 16.6 Å². The average molecular weight is 580 g/mol. The first-order valence-corrected chi connectivity index (χ1v) is 17.4. The molecule has 0 saturated carbocycles. The molecule has 1 unspecified atom stereocenters. The van der Waals surface area contributed by atoms with Crippen molar-refractivity contribution in [2.45, 2.75) is 49.8 Å². The molecule has 9 nitrogen and oxygen atoms in total. The van der Waals surface area contributed by atoms with Gasteiger partial charge < -0.3 is 14.1 Å². The van der Waals surface area contributed by atoms with E-state index in [1.54, 1.807) is 48.5 Å². The lowest BCUT2D eigenvalue weighted by Gasteiger charge is -2.50. The third-order valence-corrected chi connectivity index (χ3v) is 14.1. The van der Waals surface area contributed by atoms with Crippen LogP contribution in [0.3, 0.4) is 0 Å². The van der Waals surface area contributed by atoms with Crippen LogP contribution in [-0.4, -0.2) is 45.5 Å². The molecule has 4 aromatic rings. The normalized spacial score (nSPS) is 16.0. The van der Waals surface area contributed by atoms with Crippen LogP contribution in [0.2, 0.25) is 18.1 Å². The maximum atomic E-state index is 14.3. The average Bonchev–Trinajstić information content (AvgIpc) is 2.91. The van der Waals surface area contributed by atoms with Crippen molar-refractivity contribution in [3.63, 3.8) is 0 Å². The molecule has 1 aliphatic heterocycles. The zero-order chi connectivity index (χ0) is 28.9. The number of hydrogen-bond acceptors (Lipinski definition) is 6. The number of nitrogens with one attached hydrogen (secondary N) is 1.